The number of nitrogens with zero attached hydrogens (tertiary/aromatic N) is 1. The van der Waals surface area contributed by atoms with Crippen molar-refractivity contribution in [3.05, 3.63) is 36.1 Å². The molecule has 2 aromatic rings. The molecule has 1 heterocycles. The Bertz CT molecular complexity index is 881. The highest BCUT2D eigenvalue weighted by Gasteiger charge is 2.42. The number of hydrogen-bond donors (Lipinski definition) is 1. The van der Waals surface area contributed by atoms with Crippen molar-refractivity contribution in [2.75, 3.05) is 12.9 Å². The van der Waals surface area contributed by atoms with Crippen LogP contribution in [0.15, 0.2) is 34.9 Å². The highest BCUT2D eigenvalue weighted by Crippen LogP contribution is 2.37. The fraction of sp³-hybridized carbons (Fsp3) is 0.500. The van der Waals surface area contributed by atoms with Gasteiger partial charge in [-0.2, -0.15) is 0 Å². The van der Waals surface area contributed by atoms with Gasteiger partial charge in [0, 0.05) is 36.4 Å². The smallest absolute Gasteiger partial charge is 0.248 e. The van der Waals surface area contributed by atoms with Crippen LogP contribution in [-0.4, -0.2) is 38.4 Å². The van der Waals surface area contributed by atoms with E-state index in [2.05, 4.69) is 9.88 Å². The Hall–Kier alpha value is -2.00. The van der Waals surface area contributed by atoms with Crippen molar-refractivity contribution in [2.45, 2.75) is 38.2 Å². The Morgan fingerprint density at radius 1 is 1.33 bits per heavy atom. The summed E-state index contributed by atoms with van der Waals surface area (Å²) in [7, 11) is -3.48. The molecular formula is C18H22F2N2O4S. The summed E-state index contributed by atoms with van der Waals surface area (Å²) >= 11 is 0. The van der Waals surface area contributed by atoms with Crippen LogP contribution in [0.25, 0.3) is 11.3 Å². The van der Waals surface area contributed by atoms with E-state index in [4.69, 9.17) is 9.26 Å². The van der Waals surface area contributed by atoms with Crippen molar-refractivity contribution in [1.82, 2.24) is 9.88 Å². The van der Waals surface area contributed by atoms with Crippen LogP contribution in [0.3, 0.4) is 0 Å². The maximum absolute atomic E-state index is 13.8. The van der Waals surface area contributed by atoms with Crippen LogP contribution >= 0.6 is 0 Å². The normalized spacial score (nSPS) is 22.5. The molecule has 0 unspecified atom stereocenters. The molecule has 1 fully saturated rings. The van der Waals surface area contributed by atoms with Gasteiger partial charge in [-0.1, -0.05) is 5.16 Å². The zero-order valence-electron chi connectivity index (χ0n) is 15.1. The molecule has 1 aliphatic rings. The van der Waals surface area contributed by atoms with Gasteiger partial charge in [0.2, 0.25) is 15.9 Å². The lowest BCUT2D eigenvalue weighted by Gasteiger charge is -2.35. The third kappa shape index (κ3) is 5.49. The van der Waals surface area contributed by atoms with Crippen molar-refractivity contribution in [2.24, 2.45) is 5.92 Å². The average Bonchev–Trinajstić information content (AvgIpc) is 3.01. The maximum Gasteiger partial charge on any atom is 0.248 e. The number of benzene rings is 1. The summed E-state index contributed by atoms with van der Waals surface area (Å²) < 4.78 is 63.7. The lowest BCUT2D eigenvalue weighted by atomic mass is 9.83. The van der Waals surface area contributed by atoms with Crippen LogP contribution < -0.4 is 9.46 Å². The molecule has 0 aliphatic heterocycles. The molecule has 6 nitrogen and oxygen atoms in total. The van der Waals surface area contributed by atoms with E-state index >= 15 is 0 Å². The topological polar surface area (TPSA) is 81.4 Å². The molecule has 1 saturated carbocycles. The first-order valence-electron chi connectivity index (χ1n) is 8.63. The van der Waals surface area contributed by atoms with Crippen molar-refractivity contribution in [3.8, 4) is 17.0 Å². The molecule has 2 atom stereocenters. The molecule has 0 spiro atoms. The Kier molecular flexibility index (Phi) is 5.53. The number of aromatic nitrogens is 1. The molecule has 1 aliphatic carbocycles. The minimum Gasteiger partial charge on any atom is -0.493 e. The molecule has 0 radical (unpaired) electrons. The van der Waals surface area contributed by atoms with Crippen LogP contribution in [0.5, 0.6) is 5.75 Å². The highest BCUT2D eigenvalue weighted by molar-refractivity contribution is 7.88. The van der Waals surface area contributed by atoms with Gasteiger partial charge in [-0.05, 0) is 37.6 Å². The van der Waals surface area contributed by atoms with Gasteiger partial charge in [0.05, 0.1) is 12.9 Å². The van der Waals surface area contributed by atoms with E-state index in [1.54, 1.807) is 37.3 Å². The summed E-state index contributed by atoms with van der Waals surface area (Å²) in [6.07, 6.45) is 0.375. The van der Waals surface area contributed by atoms with Crippen molar-refractivity contribution in [3.63, 3.8) is 0 Å². The minimum atomic E-state index is -3.48. The van der Waals surface area contributed by atoms with Gasteiger partial charge in [-0.25, -0.2) is 21.9 Å². The quantitative estimate of drug-likeness (QED) is 0.804. The lowest BCUT2D eigenvalue weighted by molar-refractivity contribution is -0.0660. The largest absolute Gasteiger partial charge is 0.493 e. The van der Waals surface area contributed by atoms with E-state index in [1.807, 2.05) is 0 Å². The number of aryl methyl sites for hydroxylation is 1. The standard InChI is InChI=1S/C18H22F2N2O4S/c1-12-9-17(21-26-12)13-3-5-15(6-4-13)25-11-14-10-18(19,20)8-7-16(14)22-27(2,23)24/h3-6,9,14,16,22H,7-8,10-11H2,1-2H3/t14-,16+/m1/s1. The van der Waals surface area contributed by atoms with E-state index < -0.39 is 34.3 Å². The number of nitrogens with one attached hydrogen (secondary N) is 1. The lowest BCUT2D eigenvalue weighted by Crippen LogP contribution is -2.48. The molecule has 148 valence electrons. The third-order valence-electron chi connectivity index (χ3n) is 4.56. The van der Waals surface area contributed by atoms with Gasteiger partial charge >= 0.3 is 0 Å². The number of sulfonamides is 1. The molecule has 27 heavy (non-hydrogen) atoms. The molecule has 1 aromatic carbocycles. The van der Waals surface area contributed by atoms with Crippen molar-refractivity contribution >= 4 is 10.0 Å². The monoisotopic (exact) mass is 400 g/mol. The Morgan fingerprint density at radius 2 is 2.04 bits per heavy atom. The van der Waals surface area contributed by atoms with Crippen molar-refractivity contribution < 1.29 is 26.5 Å². The zero-order chi connectivity index (χ0) is 19.7. The second-order valence-corrected chi connectivity index (χ2v) is 8.79. The summed E-state index contributed by atoms with van der Waals surface area (Å²) in [5.74, 6) is -2.20. The Morgan fingerprint density at radius 3 is 2.63 bits per heavy atom. The van der Waals surface area contributed by atoms with Gasteiger partial charge in [0.1, 0.15) is 17.2 Å². The van der Waals surface area contributed by atoms with Gasteiger partial charge in [-0.3, -0.25) is 0 Å². The summed E-state index contributed by atoms with van der Waals surface area (Å²) in [5.41, 5.74) is 1.54. The number of hydrogen-bond acceptors (Lipinski definition) is 5. The van der Waals surface area contributed by atoms with Crippen molar-refractivity contribution in [1.29, 1.82) is 0 Å². The van der Waals surface area contributed by atoms with Gasteiger partial charge < -0.3 is 9.26 Å². The molecule has 1 N–H and O–H groups in total. The van der Waals surface area contributed by atoms with E-state index in [0.717, 1.165) is 11.8 Å². The predicted octanol–water partition coefficient (Wildman–Crippen LogP) is 3.38. The van der Waals surface area contributed by atoms with Gasteiger partial charge in [0.25, 0.3) is 0 Å². The summed E-state index contributed by atoms with van der Waals surface area (Å²) in [5, 5.41) is 3.93. The first kappa shape index (κ1) is 19.8. The van der Waals surface area contributed by atoms with E-state index in [1.165, 1.54) is 0 Å². The van der Waals surface area contributed by atoms with Crippen LogP contribution in [-0.2, 0) is 10.0 Å². The van der Waals surface area contributed by atoms with Crippen LogP contribution in [0.2, 0.25) is 0 Å². The second-order valence-electron chi connectivity index (χ2n) is 7.01. The molecule has 0 bridgehead atoms. The third-order valence-corrected chi connectivity index (χ3v) is 5.29. The summed E-state index contributed by atoms with van der Waals surface area (Å²) in [6, 6.07) is 8.29. The Balaban J connectivity index is 1.65. The average molecular weight is 400 g/mol. The van der Waals surface area contributed by atoms with Gasteiger partial charge in [0.15, 0.2) is 0 Å². The summed E-state index contributed by atoms with van der Waals surface area (Å²) in [6.45, 7) is 1.81. The van der Waals surface area contributed by atoms with E-state index in [-0.39, 0.29) is 19.4 Å². The zero-order valence-corrected chi connectivity index (χ0v) is 15.9. The number of halogens is 2. The maximum atomic E-state index is 13.8. The van der Waals surface area contributed by atoms with E-state index in [0.29, 0.717) is 17.2 Å². The predicted molar refractivity (Wildman–Crippen MR) is 96.2 cm³/mol. The number of alkyl halides is 2. The highest BCUT2D eigenvalue weighted by atomic mass is 32.2. The number of rotatable bonds is 6. The number of ether oxygens (including phenoxy) is 1. The SMILES string of the molecule is Cc1cc(-c2ccc(OC[C@H]3CC(F)(F)CC[C@@H]3NS(C)(=O)=O)cc2)no1. The first-order valence-corrected chi connectivity index (χ1v) is 10.5. The van der Waals surface area contributed by atoms with Crippen LogP contribution in [0, 0.1) is 12.8 Å². The minimum absolute atomic E-state index is 0.00515. The first-order chi connectivity index (χ1) is 12.6. The van der Waals surface area contributed by atoms with Gasteiger partial charge in [-0.15, -0.1) is 0 Å². The molecule has 9 heteroatoms. The van der Waals surface area contributed by atoms with E-state index in [9.17, 15) is 17.2 Å². The fourth-order valence-electron chi connectivity index (χ4n) is 3.26. The molecule has 0 amide bonds. The second kappa shape index (κ2) is 7.55. The molecular weight excluding hydrogens is 378 g/mol. The molecule has 1 aromatic heterocycles. The fourth-order valence-corrected chi connectivity index (χ4v) is 4.12. The Labute approximate surface area is 156 Å². The van der Waals surface area contributed by atoms with Crippen LogP contribution in [0.4, 0.5) is 8.78 Å². The molecule has 3 rings (SSSR count). The summed E-state index contributed by atoms with van der Waals surface area (Å²) in [4.78, 5) is 0. The molecule has 0 saturated heterocycles. The van der Waals surface area contributed by atoms with Crippen LogP contribution in [0.1, 0.15) is 25.0 Å².